The van der Waals surface area contributed by atoms with E-state index < -0.39 is 0 Å². The fraction of sp³-hybridized carbons (Fsp3) is 0.231. The monoisotopic (exact) mass is 413 g/mol. The molecule has 31 heavy (non-hydrogen) atoms. The molecule has 1 heterocycles. The molecule has 1 atom stereocenters. The highest BCUT2D eigenvalue weighted by molar-refractivity contribution is 6.05. The van der Waals surface area contributed by atoms with Crippen molar-refractivity contribution < 1.29 is 9.53 Å². The summed E-state index contributed by atoms with van der Waals surface area (Å²) in [5.41, 5.74) is 5.05. The predicted molar refractivity (Wildman–Crippen MR) is 125 cm³/mol. The number of benzene rings is 3. The van der Waals surface area contributed by atoms with Crippen LogP contribution in [0.3, 0.4) is 0 Å². The normalized spacial score (nSPS) is 15.5. The van der Waals surface area contributed by atoms with Crippen molar-refractivity contribution in [1.82, 2.24) is 5.01 Å². The molecule has 0 fully saturated rings. The highest BCUT2D eigenvalue weighted by atomic mass is 16.5. The zero-order valence-corrected chi connectivity index (χ0v) is 18.2. The van der Waals surface area contributed by atoms with E-state index in [-0.39, 0.29) is 18.5 Å². The van der Waals surface area contributed by atoms with Crippen LogP contribution >= 0.6 is 0 Å². The number of carbonyl (C=O) groups excluding carboxylic acids is 1. The number of anilines is 1. The number of para-hydroxylation sites is 2. The number of carbonyl (C=O) groups is 1. The fourth-order valence-corrected chi connectivity index (χ4v) is 3.88. The van der Waals surface area contributed by atoms with Crippen LogP contribution < -0.4 is 9.64 Å². The van der Waals surface area contributed by atoms with E-state index in [9.17, 15) is 4.79 Å². The molecule has 0 aliphatic carbocycles. The van der Waals surface area contributed by atoms with Gasteiger partial charge in [-0.15, -0.1) is 0 Å². The standard InChI is InChI=1S/C26H27N3O2/c1-19-13-15-20(16-14-19)24-17-23(22-11-7-8-12-25(22)31-3)27-29(24)26(30)18-28(2)21-9-5-4-6-10-21/h4-16,24H,17-18H2,1-3H3. The molecule has 1 aliphatic heterocycles. The van der Waals surface area contributed by atoms with Gasteiger partial charge in [-0.2, -0.15) is 5.10 Å². The van der Waals surface area contributed by atoms with Crippen LogP contribution in [0.4, 0.5) is 5.69 Å². The Morgan fingerprint density at radius 2 is 1.71 bits per heavy atom. The molecule has 5 heteroatoms. The summed E-state index contributed by atoms with van der Waals surface area (Å²) in [5, 5.41) is 6.43. The zero-order chi connectivity index (χ0) is 21.8. The average Bonchev–Trinajstić information content (AvgIpc) is 3.25. The van der Waals surface area contributed by atoms with Gasteiger partial charge in [-0.25, -0.2) is 5.01 Å². The van der Waals surface area contributed by atoms with Crippen molar-refractivity contribution in [3.8, 4) is 5.75 Å². The summed E-state index contributed by atoms with van der Waals surface area (Å²) < 4.78 is 5.54. The van der Waals surface area contributed by atoms with Crippen molar-refractivity contribution in [2.24, 2.45) is 5.10 Å². The molecule has 4 rings (SSSR count). The van der Waals surface area contributed by atoms with Gasteiger partial charge in [0.05, 0.1) is 25.4 Å². The second-order valence-corrected chi connectivity index (χ2v) is 7.81. The van der Waals surface area contributed by atoms with Gasteiger partial charge in [0, 0.05) is 24.7 Å². The highest BCUT2D eigenvalue weighted by Crippen LogP contribution is 2.35. The Bertz CT molecular complexity index is 1080. The van der Waals surface area contributed by atoms with Gasteiger partial charge < -0.3 is 9.64 Å². The van der Waals surface area contributed by atoms with Gasteiger partial charge in [-0.1, -0.05) is 60.2 Å². The number of likely N-dealkylation sites (N-methyl/N-ethyl adjacent to an activating group) is 1. The maximum atomic E-state index is 13.4. The summed E-state index contributed by atoms with van der Waals surface area (Å²) in [6, 6.07) is 25.9. The lowest BCUT2D eigenvalue weighted by Crippen LogP contribution is -2.36. The van der Waals surface area contributed by atoms with Crippen LogP contribution in [-0.2, 0) is 4.79 Å². The second-order valence-electron chi connectivity index (χ2n) is 7.81. The number of hydrogen-bond acceptors (Lipinski definition) is 4. The Labute approximate surface area is 183 Å². The van der Waals surface area contributed by atoms with E-state index >= 15 is 0 Å². The minimum absolute atomic E-state index is 0.0400. The lowest BCUT2D eigenvalue weighted by atomic mass is 9.97. The third-order valence-corrected chi connectivity index (χ3v) is 5.62. The van der Waals surface area contributed by atoms with Crippen molar-refractivity contribution >= 4 is 17.3 Å². The Kier molecular flexibility index (Phi) is 6.03. The van der Waals surface area contributed by atoms with E-state index in [4.69, 9.17) is 9.84 Å². The first kappa shape index (κ1) is 20.7. The maximum Gasteiger partial charge on any atom is 0.262 e. The van der Waals surface area contributed by atoms with E-state index in [1.165, 1.54) is 5.56 Å². The van der Waals surface area contributed by atoms with E-state index in [1.807, 2.05) is 66.5 Å². The van der Waals surface area contributed by atoms with Crippen molar-refractivity contribution in [3.63, 3.8) is 0 Å². The first-order valence-electron chi connectivity index (χ1n) is 10.4. The zero-order valence-electron chi connectivity index (χ0n) is 18.2. The van der Waals surface area contributed by atoms with Gasteiger partial charge in [0.1, 0.15) is 5.75 Å². The number of ether oxygens (including phenoxy) is 1. The second kappa shape index (κ2) is 9.04. The Morgan fingerprint density at radius 3 is 2.42 bits per heavy atom. The minimum Gasteiger partial charge on any atom is -0.496 e. The van der Waals surface area contributed by atoms with Crippen LogP contribution in [0.25, 0.3) is 0 Å². The fourth-order valence-electron chi connectivity index (χ4n) is 3.88. The average molecular weight is 414 g/mol. The van der Waals surface area contributed by atoms with Gasteiger partial charge in [-0.05, 0) is 36.8 Å². The molecule has 5 nitrogen and oxygen atoms in total. The molecule has 0 saturated carbocycles. The molecular weight excluding hydrogens is 386 g/mol. The van der Waals surface area contributed by atoms with Crippen LogP contribution in [0.2, 0.25) is 0 Å². The molecule has 0 bridgehead atoms. The molecule has 158 valence electrons. The van der Waals surface area contributed by atoms with Crippen molar-refractivity contribution in [1.29, 1.82) is 0 Å². The smallest absolute Gasteiger partial charge is 0.262 e. The topological polar surface area (TPSA) is 45.1 Å². The number of aryl methyl sites for hydroxylation is 1. The van der Waals surface area contributed by atoms with Crippen LogP contribution in [0.15, 0.2) is 84.0 Å². The third-order valence-electron chi connectivity index (χ3n) is 5.62. The Balaban J connectivity index is 1.65. The first-order chi connectivity index (χ1) is 15.1. The van der Waals surface area contributed by atoms with Gasteiger partial charge in [0.25, 0.3) is 5.91 Å². The minimum atomic E-state index is -0.141. The predicted octanol–water partition coefficient (Wildman–Crippen LogP) is 4.82. The third kappa shape index (κ3) is 4.45. The summed E-state index contributed by atoms with van der Waals surface area (Å²) in [6.07, 6.45) is 0.643. The number of hydrogen-bond donors (Lipinski definition) is 0. The summed E-state index contributed by atoms with van der Waals surface area (Å²) in [4.78, 5) is 15.3. The lowest BCUT2D eigenvalue weighted by molar-refractivity contribution is -0.131. The van der Waals surface area contributed by atoms with Gasteiger partial charge in [0.2, 0.25) is 0 Å². The molecular formula is C26H27N3O2. The molecule has 1 unspecified atom stereocenters. The molecule has 0 radical (unpaired) electrons. The quantitative estimate of drug-likeness (QED) is 0.582. The molecule has 1 aliphatic rings. The number of nitrogens with zero attached hydrogens (tertiary/aromatic N) is 3. The molecule has 0 N–H and O–H groups in total. The molecule has 3 aromatic carbocycles. The summed E-state index contributed by atoms with van der Waals surface area (Å²) in [7, 11) is 3.58. The van der Waals surface area contributed by atoms with Gasteiger partial charge in [-0.3, -0.25) is 4.79 Å². The van der Waals surface area contributed by atoms with Crippen molar-refractivity contribution in [2.45, 2.75) is 19.4 Å². The Morgan fingerprint density at radius 1 is 1.03 bits per heavy atom. The molecule has 1 amide bonds. The first-order valence-corrected chi connectivity index (χ1v) is 10.4. The van der Waals surface area contributed by atoms with Gasteiger partial charge in [0.15, 0.2) is 0 Å². The number of methoxy groups -OCH3 is 1. The van der Waals surface area contributed by atoms with Crippen LogP contribution in [0.1, 0.15) is 29.2 Å². The number of rotatable bonds is 6. The van der Waals surface area contributed by atoms with Crippen LogP contribution in [0, 0.1) is 6.92 Å². The van der Waals surface area contributed by atoms with Crippen LogP contribution in [-0.4, -0.2) is 37.3 Å². The van der Waals surface area contributed by atoms with Crippen LogP contribution in [0.5, 0.6) is 5.75 Å². The van der Waals surface area contributed by atoms with E-state index in [2.05, 4.69) is 31.2 Å². The van der Waals surface area contributed by atoms with E-state index in [0.29, 0.717) is 6.42 Å². The van der Waals surface area contributed by atoms with Gasteiger partial charge >= 0.3 is 0 Å². The summed E-state index contributed by atoms with van der Waals surface area (Å²) >= 11 is 0. The van der Waals surface area contributed by atoms with Crippen molar-refractivity contribution in [3.05, 3.63) is 95.6 Å². The molecule has 3 aromatic rings. The molecule has 0 aromatic heterocycles. The highest BCUT2D eigenvalue weighted by Gasteiger charge is 2.34. The SMILES string of the molecule is COc1ccccc1C1=NN(C(=O)CN(C)c2ccccc2)C(c2ccc(C)cc2)C1. The largest absolute Gasteiger partial charge is 0.496 e. The summed E-state index contributed by atoms with van der Waals surface area (Å²) in [6.45, 7) is 2.31. The lowest BCUT2D eigenvalue weighted by Gasteiger charge is -2.25. The molecule has 0 saturated heterocycles. The number of hydrazone groups is 1. The van der Waals surface area contributed by atoms with E-state index in [0.717, 1.165) is 28.3 Å². The molecule has 0 spiro atoms. The van der Waals surface area contributed by atoms with E-state index in [1.54, 1.807) is 12.1 Å². The summed E-state index contributed by atoms with van der Waals surface area (Å²) in [5.74, 6) is 0.724. The maximum absolute atomic E-state index is 13.4. The Hall–Kier alpha value is -3.60. The number of amides is 1. The van der Waals surface area contributed by atoms with Crippen molar-refractivity contribution in [2.75, 3.05) is 25.6 Å².